The third-order valence-electron chi connectivity index (χ3n) is 10.1. The molecule has 2 nitrogen and oxygen atoms in total. The Morgan fingerprint density at radius 3 is 1.64 bits per heavy atom. The number of hydrogen-bond donors (Lipinski definition) is 0. The summed E-state index contributed by atoms with van der Waals surface area (Å²) in [5, 5.41) is 9.88. The van der Waals surface area contributed by atoms with Crippen LogP contribution in [-0.4, -0.2) is 4.57 Å². The standard InChI is InChI=1S/C48H32N2/c1-2-20-37(21-3-1)50-46-29-13-26-41(47(46)43-31-30-35-16-6-9-25-42(35)48(43)50)36-19-10-22-38(32-36)49(44-27-11-17-33-14-4-7-23-39(33)44)45-28-12-18-34-15-5-8-24-40(34)45/h1-32H. The third kappa shape index (κ3) is 4.43. The lowest BCUT2D eigenvalue weighted by atomic mass is 9.97. The first-order valence-corrected chi connectivity index (χ1v) is 17.2. The predicted molar refractivity (Wildman–Crippen MR) is 213 cm³/mol. The summed E-state index contributed by atoms with van der Waals surface area (Å²) in [4.78, 5) is 2.44. The molecule has 0 saturated heterocycles. The van der Waals surface area contributed by atoms with Crippen molar-refractivity contribution in [2.75, 3.05) is 4.90 Å². The highest BCUT2D eigenvalue weighted by atomic mass is 15.1. The Morgan fingerprint density at radius 2 is 0.940 bits per heavy atom. The Labute approximate surface area is 290 Å². The summed E-state index contributed by atoms with van der Waals surface area (Å²) in [6.07, 6.45) is 0. The molecule has 0 aliphatic carbocycles. The zero-order valence-corrected chi connectivity index (χ0v) is 27.4. The van der Waals surface area contributed by atoms with Gasteiger partial charge >= 0.3 is 0 Å². The highest BCUT2D eigenvalue weighted by Crippen LogP contribution is 2.45. The molecule has 0 aliphatic heterocycles. The van der Waals surface area contributed by atoms with Crippen LogP contribution in [0.2, 0.25) is 0 Å². The van der Waals surface area contributed by atoms with Crippen molar-refractivity contribution >= 4 is 71.2 Å². The van der Waals surface area contributed by atoms with Crippen LogP contribution in [0.1, 0.15) is 0 Å². The largest absolute Gasteiger partial charge is 0.309 e. The molecule has 1 aromatic heterocycles. The van der Waals surface area contributed by atoms with Crippen LogP contribution < -0.4 is 4.90 Å². The normalized spacial score (nSPS) is 11.6. The van der Waals surface area contributed by atoms with E-state index in [1.807, 2.05) is 0 Å². The van der Waals surface area contributed by atoms with Crippen molar-refractivity contribution in [2.24, 2.45) is 0 Å². The van der Waals surface area contributed by atoms with Crippen LogP contribution >= 0.6 is 0 Å². The fourth-order valence-corrected chi connectivity index (χ4v) is 7.94. The zero-order chi connectivity index (χ0) is 33.0. The summed E-state index contributed by atoms with van der Waals surface area (Å²) >= 11 is 0. The second-order valence-corrected chi connectivity index (χ2v) is 12.9. The van der Waals surface area contributed by atoms with E-state index in [2.05, 4.69) is 204 Å². The van der Waals surface area contributed by atoms with Gasteiger partial charge in [-0.25, -0.2) is 0 Å². The van der Waals surface area contributed by atoms with E-state index < -0.39 is 0 Å². The quantitative estimate of drug-likeness (QED) is 0.182. The van der Waals surface area contributed by atoms with Gasteiger partial charge in [-0.15, -0.1) is 0 Å². The molecule has 0 bridgehead atoms. The van der Waals surface area contributed by atoms with Gasteiger partial charge in [-0.1, -0.05) is 152 Å². The molecule has 0 saturated carbocycles. The van der Waals surface area contributed by atoms with E-state index in [-0.39, 0.29) is 0 Å². The van der Waals surface area contributed by atoms with Gasteiger partial charge in [0.05, 0.1) is 22.4 Å². The van der Waals surface area contributed by atoms with E-state index in [1.165, 1.54) is 65.3 Å². The van der Waals surface area contributed by atoms with Crippen LogP contribution in [0.5, 0.6) is 0 Å². The van der Waals surface area contributed by atoms with E-state index >= 15 is 0 Å². The van der Waals surface area contributed by atoms with Gasteiger partial charge in [0.15, 0.2) is 0 Å². The van der Waals surface area contributed by atoms with Crippen molar-refractivity contribution in [2.45, 2.75) is 0 Å². The van der Waals surface area contributed by atoms with Gasteiger partial charge in [-0.2, -0.15) is 0 Å². The first kappa shape index (κ1) is 28.4. The van der Waals surface area contributed by atoms with Crippen LogP contribution in [0.4, 0.5) is 17.1 Å². The molecule has 0 fully saturated rings. The van der Waals surface area contributed by atoms with Gasteiger partial charge in [0.2, 0.25) is 0 Å². The second-order valence-electron chi connectivity index (χ2n) is 12.9. The average molecular weight is 637 g/mol. The van der Waals surface area contributed by atoms with Gasteiger partial charge in [0.25, 0.3) is 0 Å². The number of para-hydroxylation sites is 1. The summed E-state index contributed by atoms with van der Waals surface area (Å²) in [5.41, 5.74) is 9.42. The molecule has 234 valence electrons. The van der Waals surface area contributed by atoms with Crippen molar-refractivity contribution in [1.29, 1.82) is 0 Å². The number of hydrogen-bond acceptors (Lipinski definition) is 1. The maximum atomic E-state index is 2.44. The minimum Gasteiger partial charge on any atom is -0.309 e. The van der Waals surface area contributed by atoms with Crippen LogP contribution in [0.25, 0.3) is 70.9 Å². The molecule has 9 aromatic carbocycles. The third-order valence-corrected chi connectivity index (χ3v) is 10.1. The fourth-order valence-electron chi connectivity index (χ4n) is 7.94. The Hall–Kier alpha value is -6.64. The molecule has 50 heavy (non-hydrogen) atoms. The van der Waals surface area contributed by atoms with Crippen molar-refractivity contribution in [3.63, 3.8) is 0 Å². The van der Waals surface area contributed by atoms with Crippen molar-refractivity contribution in [1.82, 2.24) is 4.57 Å². The van der Waals surface area contributed by atoms with Crippen molar-refractivity contribution in [3.8, 4) is 16.8 Å². The van der Waals surface area contributed by atoms with E-state index in [1.54, 1.807) is 0 Å². The lowest BCUT2D eigenvalue weighted by molar-refractivity contribution is 1.19. The number of nitrogens with zero attached hydrogens (tertiary/aromatic N) is 2. The monoisotopic (exact) mass is 636 g/mol. The molecule has 10 aromatic rings. The summed E-state index contributed by atoms with van der Waals surface area (Å²) in [6.45, 7) is 0. The Balaban J connectivity index is 1.26. The maximum absolute atomic E-state index is 2.44. The number of aromatic nitrogens is 1. The highest BCUT2D eigenvalue weighted by Gasteiger charge is 2.21. The van der Waals surface area contributed by atoms with Crippen LogP contribution in [0, 0.1) is 0 Å². The van der Waals surface area contributed by atoms with Crippen LogP contribution in [-0.2, 0) is 0 Å². The molecule has 0 N–H and O–H groups in total. The summed E-state index contributed by atoms with van der Waals surface area (Å²) in [5.74, 6) is 0. The van der Waals surface area contributed by atoms with Gasteiger partial charge in [0.1, 0.15) is 0 Å². The molecule has 0 spiro atoms. The van der Waals surface area contributed by atoms with Gasteiger partial charge < -0.3 is 9.47 Å². The van der Waals surface area contributed by atoms with E-state index in [0.717, 1.165) is 22.7 Å². The molecular weight excluding hydrogens is 605 g/mol. The summed E-state index contributed by atoms with van der Waals surface area (Å²) < 4.78 is 2.44. The lowest BCUT2D eigenvalue weighted by Crippen LogP contribution is -2.11. The van der Waals surface area contributed by atoms with Gasteiger partial charge in [0, 0.05) is 38.3 Å². The van der Waals surface area contributed by atoms with Crippen LogP contribution in [0.3, 0.4) is 0 Å². The summed E-state index contributed by atoms with van der Waals surface area (Å²) in [6, 6.07) is 70.5. The highest BCUT2D eigenvalue weighted by molar-refractivity contribution is 6.22. The van der Waals surface area contributed by atoms with Gasteiger partial charge in [-0.3, -0.25) is 0 Å². The lowest BCUT2D eigenvalue weighted by Gasteiger charge is -2.28. The fraction of sp³-hybridized carbons (Fsp3) is 0. The average Bonchev–Trinajstić information content (AvgIpc) is 3.54. The predicted octanol–water partition coefficient (Wildman–Crippen LogP) is 13.4. The Bertz CT molecular complexity index is 2790. The second kappa shape index (κ2) is 11.5. The minimum absolute atomic E-state index is 1.12. The maximum Gasteiger partial charge on any atom is 0.0619 e. The van der Waals surface area contributed by atoms with E-state index in [0.29, 0.717) is 0 Å². The summed E-state index contributed by atoms with van der Waals surface area (Å²) in [7, 11) is 0. The van der Waals surface area contributed by atoms with E-state index in [9.17, 15) is 0 Å². The molecule has 0 amide bonds. The molecule has 0 unspecified atom stereocenters. The minimum atomic E-state index is 1.12. The Kier molecular flexibility index (Phi) is 6.53. The Morgan fingerprint density at radius 1 is 0.380 bits per heavy atom. The molecule has 2 heteroatoms. The first-order valence-electron chi connectivity index (χ1n) is 17.2. The molecule has 1 heterocycles. The van der Waals surface area contributed by atoms with E-state index in [4.69, 9.17) is 0 Å². The van der Waals surface area contributed by atoms with Gasteiger partial charge in [-0.05, 0) is 69.8 Å². The van der Waals surface area contributed by atoms with Crippen molar-refractivity contribution < 1.29 is 0 Å². The molecule has 10 rings (SSSR count). The molecule has 0 radical (unpaired) electrons. The van der Waals surface area contributed by atoms with Crippen molar-refractivity contribution in [3.05, 3.63) is 194 Å². The first-order chi connectivity index (χ1) is 24.8. The number of benzene rings is 9. The molecule has 0 aliphatic rings. The smallest absolute Gasteiger partial charge is 0.0619 e. The zero-order valence-electron chi connectivity index (χ0n) is 27.4. The molecular formula is C48H32N2. The van der Waals surface area contributed by atoms with Crippen LogP contribution in [0.15, 0.2) is 194 Å². The number of rotatable bonds is 5. The number of anilines is 3. The topological polar surface area (TPSA) is 8.17 Å². The molecule has 0 atom stereocenters. The SMILES string of the molecule is c1ccc(-n2c3cccc(-c4cccc(N(c5cccc6ccccc56)c5cccc6ccccc56)c4)c3c3ccc4ccccc4c32)cc1. The number of fused-ring (bicyclic) bond motifs is 7.